The fourth-order valence-electron chi connectivity index (χ4n) is 1.57. The van der Waals surface area contributed by atoms with E-state index in [1.807, 2.05) is 0 Å². The molecule has 0 aromatic carbocycles. The molecule has 1 aromatic rings. The lowest BCUT2D eigenvalue weighted by atomic mass is 10.3. The van der Waals surface area contributed by atoms with Crippen LogP contribution in [0.15, 0.2) is 17.5 Å². The van der Waals surface area contributed by atoms with Gasteiger partial charge in [-0.1, -0.05) is 6.07 Å². The Labute approximate surface area is 115 Å². The second-order valence-corrected chi connectivity index (χ2v) is 4.91. The van der Waals surface area contributed by atoms with Gasteiger partial charge in [0.2, 0.25) is 5.91 Å². The molecular formula is C12H18N2O4S. The topological polar surface area (TPSA) is 81.1 Å². The van der Waals surface area contributed by atoms with Gasteiger partial charge in [0, 0.05) is 20.1 Å². The van der Waals surface area contributed by atoms with Gasteiger partial charge in [0.25, 0.3) is 5.91 Å². The Balaban J connectivity index is 2.57. The van der Waals surface area contributed by atoms with Crippen LogP contribution in [0.3, 0.4) is 0 Å². The molecule has 106 valence electrons. The van der Waals surface area contributed by atoms with E-state index in [9.17, 15) is 9.59 Å². The molecule has 0 atom stereocenters. The number of aliphatic hydroxyl groups excluding tert-OH is 2. The number of likely N-dealkylation sites (N-methyl/N-ethyl adjacent to an activating group) is 1. The zero-order chi connectivity index (χ0) is 14.3. The van der Waals surface area contributed by atoms with Crippen molar-refractivity contribution in [3.8, 4) is 0 Å². The van der Waals surface area contributed by atoms with Gasteiger partial charge in [0.15, 0.2) is 0 Å². The molecule has 0 unspecified atom stereocenters. The normalized spacial score (nSPS) is 10.3. The van der Waals surface area contributed by atoms with Gasteiger partial charge in [-0.25, -0.2) is 0 Å². The van der Waals surface area contributed by atoms with Gasteiger partial charge in [0.1, 0.15) is 0 Å². The molecule has 1 heterocycles. The lowest BCUT2D eigenvalue weighted by Crippen LogP contribution is -2.43. The van der Waals surface area contributed by atoms with Crippen molar-refractivity contribution in [2.75, 3.05) is 39.9 Å². The molecule has 0 fully saturated rings. The summed E-state index contributed by atoms with van der Waals surface area (Å²) in [4.78, 5) is 27.1. The lowest BCUT2D eigenvalue weighted by Gasteiger charge is -2.24. The smallest absolute Gasteiger partial charge is 0.264 e. The van der Waals surface area contributed by atoms with Crippen LogP contribution in [0.5, 0.6) is 0 Å². The minimum atomic E-state index is -0.296. The summed E-state index contributed by atoms with van der Waals surface area (Å²) in [5.41, 5.74) is 0. The molecular weight excluding hydrogens is 268 g/mol. The minimum absolute atomic E-state index is 0.0727. The Bertz CT molecular complexity index is 402. The number of hydrogen-bond acceptors (Lipinski definition) is 5. The highest BCUT2D eigenvalue weighted by Crippen LogP contribution is 2.11. The van der Waals surface area contributed by atoms with Crippen molar-refractivity contribution in [2.24, 2.45) is 0 Å². The van der Waals surface area contributed by atoms with Gasteiger partial charge >= 0.3 is 0 Å². The molecule has 0 radical (unpaired) electrons. The van der Waals surface area contributed by atoms with Gasteiger partial charge in [0.05, 0.1) is 24.6 Å². The van der Waals surface area contributed by atoms with Crippen molar-refractivity contribution >= 4 is 23.2 Å². The second kappa shape index (κ2) is 7.88. The average Bonchev–Trinajstić information content (AvgIpc) is 2.91. The highest BCUT2D eigenvalue weighted by Gasteiger charge is 2.19. The van der Waals surface area contributed by atoms with Crippen molar-refractivity contribution < 1.29 is 19.8 Å². The Kier molecular flexibility index (Phi) is 6.48. The maximum Gasteiger partial charge on any atom is 0.264 e. The molecule has 0 spiro atoms. The largest absolute Gasteiger partial charge is 0.395 e. The molecule has 0 aliphatic heterocycles. The first-order valence-corrected chi connectivity index (χ1v) is 6.76. The quantitative estimate of drug-likeness (QED) is 0.717. The van der Waals surface area contributed by atoms with E-state index in [1.54, 1.807) is 24.6 Å². The number of hydrogen-bond donors (Lipinski definition) is 2. The van der Waals surface area contributed by atoms with Crippen LogP contribution in [-0.2, 0) is 4.79 Å². The maximum atomic E-state index is 11.9. The van der Waals surface area contributed by atoms with Crippen molar-refractivity contribution in [1.29, 1.82) is 0 Å². The summed E-state index contributed by atoms with van der Waals surface area (Å²) in [6.07, 6.45) is 0. The summed E-state index contributed by atoms with van der Waals surface area (Å²) >= 11 is 1.32. The van der Waals surface area contributed by atoms with Crippen LogP contribution in [0.2, 0.25) is 0 Å². The first kappa shape index (κ1) is 15.6. The SMILES string of the molecule is CN(CC(=O)N(CCO)CCO)C(=O)c1cccs1. The molecule has 7 heteroatoms. The summed E-state index contributed by atoms with van der Waals surface area (Å²) in [6, 6.07) is 3.48. The standard InChI is InChI=1S/C12H18N2O4S/c1-13(12(18)10-3-2-8-19-10)9-11(17)14(4-6-15)5-7-16/h2-3,8,15-16H,4-7,9H2,1H3. The number of thiophene rings is 1. The Morgan fingerprint density at radius 3 is 2.37 bits per heavy atom. The van der Waals surface area contributed by atoms with E-state index in [0.717, 1.165) is 0 Å². The molecule has 0 saturated carbocycles. The fraction of sp³-hybridized carbons (Fsp3) is 0.500. The summed E-state index contributed by atoms with van der Waals surface area (Å²) < 4.78 is 0. The van der Waals surface area contributed by atoms with Gasteiger partial charge < -0.3 is 20.0 Å². The van der Waals surface area contributed by atoms with E-state index in [-0.39, 0.29) is 44.7 Å². The van der Waals surface area contributed by atoms with Crippen LogP contribution in [-0.4, -0.2) is 71.7 Å². The van der Waals surface area contributed by atoms with E-state index in [4.69, 9.17) is 10.2 Å². The molecule has 0 aliphatic rings. The van der Waals surface area contributed by atoms with E-state index in [1.165, 1.54) is 21.1 Å². The summed E-state index contributed by atoms with van der Waals surface area (Å²) in [6.45, 7) is -0.111. The molecule has 19 heavy (non-hydrogen) atoms. The molecule has 0 saturated heterocycles. The van der Waals surface area contributed by atoms with Crippen LogP contribution in [0.25, 0.3) is 0 Å². The molecule has 1 rings (SSSR count). The Hall–Kier alpha value is -1.44. The minimum Gasteiger partial charge on any atom is -0.395 e. The van der Waals surface area contributed by atoms with Crippen LogP contribution in [0, 0.1) is 0 Å². The van der Waals surface area contributed by atoms with Crippen LogP contribution in [0.4, 0.5) is 0 Å². The highest BCUT2D eigenvalue weighted by molar-refractivity contribution is 7.12. The van der Waals surface area contributed by atoms with E-state index in [2.05, 4.69) is 0 Å². The molecule has 0 bridgehead atoms. The first-order chi connectivity index (χ1) is 9.10. The molecule has 2 N–H and O–H groups in total. The predicted molar refractivity (Wildman–Crippen MR) is 72.0 cm³/mol. The summed E-state index contributed by atoms with van der Waals surface area (Å²) in [7, 11) is 1.55. The van der Waals surface area contributed by atoms with E-state index in [0.29, 0.717) is 4.88 Å². The van der Waals surface area contributed by atoms with E-state index >= 15 is 0 Å². The number of amides is 2. The highest BCUT2D eigenvalue weighted by atomic mass is 32.1. The van der Waals surface area contributed by atoms with Crippen LogP contribution >= 0.6 is 11.3 Å². The molecule has 0 aliphatic carbocycles. The maximum absolute atomic E-state index is 11.9. The molecule has 1 aromatic heterocycles. The number of carbonyl (C=O) groups excluding carboxylic acids is 2. The van der Waals surface area contributed by atoms with Gasteiger partial charge in [-0.05, 0) is 11.4 Å². The monoisotopic (exact) mass is 286 g/mol. The number of carbonyl (C=O) groups is 2. The lowest BCUT2D eigenvalue weighted by molar-refractivity contribution is -0.132. The fourth-order valence-corrected chi connectivity index (χ4v) is 2.28. The third-order valence-corrected chi connectivity index (χ3v) is 3.40. The number of rotatable bonds is 7. The van der Waals surface area contributed by atoms with Crippen LogP contribution in [0.1, 0.15) is 9.67 Å². The van der Waals surface area contributed by atoms with Crippen molar-refractivity contribution in [1.82, 2.24) is 9.80 Å². The van der Waals surface area contributed by atoms with E-state index < -0.39 is 0 Å². The predicted octanol–water partition coefficient (Wildman–Crippen LogP) is -0.367. The third kappa shape index (κ3) is 4.62. The summed E-state index contributed by atoms with van der Waals surface area (Å²) in [5, 5.41) is 19.5. The summed E-state index contributed by atoms with van der Waals surface area (Å²) in [5.74, 6) is -0.508. The Morgan fingerprint density at radius 1 is 1.26 bits per heavy atom. The van der Waals surface area contributed by atoms with Crippen molar-refractivity contribution in [3.63, 3.8) is 0 Å². The molecule has 6 nitrogen and oxygen atoms in total. The second-order valence-electron chi connectivity index (χ2n) is 3.97. The first-order valence-electron chi connectivity index (χ1n) is 5.88. The van der Waals surface area contributed by atoms with Crippen molar-refractivity contribution in [3.05, 3.63) is 22.4 Å². The van der Waals surface area contributed by atoms with Crippen molar-refractivity contribution in [2.45, 2.75) is 0 Å². The average molecular weight is 286 g/mol. The van der Waals surface area contributed by atoms with Gasteiger partial charge in [-0.2, -0.15) is 0 Å². The third-order valence-electron chi connectivity index (χ3n) is 2.54. The zero-order valence-electron chi connectivity index (χ0n) is 10.8. The number of nitrogens with zero attached hydrogens (tertiary/aromatic N) is 2. The van der Waals surface area contributed by atoms with Gasteiger partial charge in [-0.3, -0.25) is 9.59 Å². The van der Waals surface area contributed by atoms with Crippen LogP contribution < -0.4 is 0 Å². The molecule has 2 amide bonds. The van der Waals surface area contributed by atoms with Gasteiger partial charge in [-0.15, -0.1) is 11.3 Å². The Morgan fingerprint density at radius 2 is 1.89 bits per heavy atom. The zero-order valence-corrected chi connectivity index (χ0v) is 11.6. The number of aliphatic hydroxyl groups is 2.